The average molecular weight is 243 g/mol. The van der Waals surface area contributed by atoms with Crippen LogP contribution in [0.2, 0.25) is 0 Å². The highest BCUT2D eigenvalue weighted by Crippen LogP contribution is 2.11. The van der Waals surface area contributed by atoms with Crippen LogP contribution in [-0.4, -0.2) is 19.1 Å². The number of hydrogen-bond acceptors (Lipinski definition) is 3. The molecule has 0 saturated carbocycles. The normalized spacial score (nSPS) is 12.4. The Hall–Kier alpha value is -0.570. The van der Waals surface area contributed by atoms with E-state index < -0.39 is 0 Å². The molecule has 17 heavy (non-hydrogen) atoms. The molecule has 102 valence electrons. The second-order valence-electron chi connectivity index (χ2n) is 4.76. The highest BCUT2D eigenvalue weighted by Gasteiger charge is 2.00. The predicted octanol–water partition coefficient (Wildman–Crippen LogP) is 3.41. The van der Waals surface area contributed by atoms with Crippen LogP contribution in [0.3, 0.4) is 0 Å². The molecule has 0 saturated heterocycles. The molecule has 0 bridgehead atoms. The van der Waals surface area contributed by atoms with Gasteiger partial charge in [-0.2, -0.15) is 0 Å². The van der Waals surface area contributed by atoms with Crippen molar-refractivity contribution in [3.8, 4) is 0 Å². The van der Waals surface area contributed by atoms with E-state index in [1.165, 1.54) is 45.6 Å². The molecule has 1 unspecified atom stereocenters. The summed E-state index contributed by atoms with van der Waals surface area (Å²) in [6.45, 7) is 2.14. The van der Waals surface area contributed by atoms with Gasteiger partial charge in [0.25, 0.3) is 0 Å². The van der Waals surface area contributed by atoms with Crippen molar-refractivity contribution in [3.63, 3.8) is 0 Å². The third-order valence-electron chi connectivity index (χ3n) is 3.21. The fourth-order valence-electron chi connectivity index (χ4n) is 1.87. The van der Waals surface area contributed by atoms with Crippen LogP contribution in [0.4, 0.5) is 0 Å². The molecule has 0 spiro atoms. The molecular formula is C14H29NO2. The number of hydrogen-bond donors (Lipinski definition) is 1. The molecule has 0 aliphatic rings. The van der Waals surface area contributed by atoms with Gasteiger partial charge in [-0.05, 0) is 19.3 Å². The third kappa shape index (κ3) is 11.7. The van der Waals surface area contributed by atoms with Gasteiger partial charge in [0, 0.05) is 12.5 Å². The average Bonchev–Trinajstić information content (AvgIpc) is 2.35. The molecule has 0 aromatic rings. The van der Waals surface area contributed by atoms with Gasteiger partial charge in [0.05, 0.1) is 7.11 Å². The first-order valence-corrected chi connectivity index (χ1v) is 7.03. The summed E-state index contributed by atoms with van der Waals surface area (Å²) in [4.78, 5) is 10.8. The Balaban J connectivity index is 3.06. The van der Waals surface area contributed by atoms with Crippen LogP contribution in [0.1, 0.15) is 71.1 Å². The number of rotatable bonds is 11. The Morgan fingerprint density at radius 3 is 2.12 bits per heavy atom. The van der Waals surface area contributed by atoms with Crippen molar-refractivity contribution >= 4 is 5.97 Å². The minimum Gasteiger partial charge on any atom is -0.469 e. The first-order chi connectivity index (χ1) is 8.20. The van der Waals surface area contributed by atoms with Gasteiger partial charge in [0.15, 0.2) is 0 Å². The van der Waals surface area contributed by atoms with Crippen LogP contribution in [0.5, 0.6) is 0 Å². The van der Waals surface area contributed by atoms with Crippen LogP contribution >= 0.6 is 0 Å². The fourth-order valence-corrected chi connectivity index (χ4v) is 1.87. The molecule has 1 atom stereocenters. The van der Waals surface area contributed by atoms with E-state index in [2.05, 4.69) is 11.7 Å². The van der Waals surface area contributed by atoms with Crippen molar-refractivity contribution in [3.05, 3.63) is 0 Å². The van der Waals surface area contributed by atoms with E-state index in [1.54, 1.807) is 0 Å². The molecule has 0 aromatic carbocycles. The smallest absolute Gasteiger partial charge is 0.305 e. The van der Waals surface area contributed by atoms with Gasteiger partial charge in [-0.15, -0.1) is 0 Å². The van der Waals surface area contributed by atoms with Gasteiger partial charge in [-0.1, -0.05) is 45.4 Å². The Kier molecular flexibility index (Phi) is 11.5. The van der Waals surface area contributed by atoms with Gasteiger partial charge in [0.2, 0.25) is 0 Å². The number of nitrogens with two attached hydrogens (primary N) is 1. The number of carbonyl (C=O) groups is 1. The third-order valence-corrected chi connectivity index (χ3v) is 3.21. The Bertz CT molecular complexity index is 183. The van der Waals surface area contributed by atoms with Crippen LogP contribution in [0.15, 0.2) is 0 Å². The molecule has 2 N–H and O–H groups in total. The highest BCUT2D eigenvalue weighted by molar-refractivity contribution is 5.68. The lowest BCUT2D eigenvalue weighted by Gasteiger charge is -2.07. The highest BCUT2D eigenvalue weighted by atomic mass is 16.5. The second-order valence-corrected chi connectivity index (χ2v) is 4.76. The predicted molar refractivity (Wildman–Crippen MR) is 71.8 cm³/mol. The molecule has 0 aliphatic carbocycles. The van der Waals surface area contributed by atoms with Crippen molar-refractivity contribution in [2.75, 3.05) is 7.11 Å². The van der Waals surface area contributed by atoms with Crippen LogP contribution in [0, 0.1) is 0 Å². The molecule has 0 heterocycles. The van der Waals surface area contributed by atoms with E-state index in [0.29, 0.717) is 12.5 Å². The zero-order valence-electron chi connectivity index (χ0n) is 11.5. The number of unbranched alkanes of at least 4 members (excludes halogenated alkanes) is 6. The maximum absolute atomic E-state index is 10.8. The van der Waals surface area contributed by atoms with Crippen molar-refractivity contribution in [1.82, 2.24) is 0 Å². The van der Waals surface area contributed by atoms with Crippen LogP contribution in [0.25, 0.3) is 0 Å². The van der Waals surface area contributed by atoms with E-state index in [0.717, 1.165) is 19.3 Å². The summed E-state index contributed by atoms with van der Waals surface area (Å²) in [5, 5.41) is 0. The summed E-state index contributed by atoms with van der Waals surface area (Å²) in [6, 6.07) is 0.398. The van der Waals surface area contributed by atoms with E-state index in [9.17, 15) is 4.79 Å². The Morgan fingerprint density at radius 2 is 1.59 bits per heavy atom. The molecule has 0 amide bonds. The van der Waals surface area contributed by atoms with E-state index in [1.807, 2.05) is 0 Å². The van der Waals surface area contributed by atoms with E-state index >= 15 is 0 Å². The van der Waals surface area contributed by atoms with Gasteiger partial charge < -0.3 is 10.5 Å². The van der Waals surface area contributed by atoms with E-state index in [-0.39, 0.29) is 5.97 Å². The monoisotopic (exact) mass is 243 g/mol. The number of ether oxygens (including phenoxy) is 1. The molecule has 3 nitrogen and oxygen atoms in total. The molecular weight excluding hydrogens is 214 g/mol. The van der Waals surface area contributed by atoms with Crippen LogP contribution in [-0.2, 0) is 9.53 Å². The zero-order chi connectivity index (χ0) is 12.9. The lowest BCUT2D eigenvalue weighted by molar-refractivity contribution is -0.140. The molecule has 0 aliphatic heterocycles. The topological polar surface area (TPSA) is 52.3 Å². The number of esters is 1. The SMILES string of the molecule is CCC(N)CCCCCCCCCC(=O)OC. The molecule has 0 aromatic heterocycles. The maximum Gasteiger partial charge on any atom is 0.305 e. The molecule has 0 rings (SSSR count). The maximum atomic E-state index is 10.8. The zero-order valence-corrected chi connectivity index (χ0v) is 11.5. The van der Waals surface area contributed by atoms with Crippen molar-refractivity contribution in [2.24, 2.45) is 5.73 Å². The van der Waals surface area contributed by atoms with Crippen LogP contribution < -0.4 is 5.73 Å². The lowest BCUT2D eigenvalue weighted by Crippen LogP contribution is -2.17. The molecule has 0 radical (unpaired) electrons. The summed E-state index contributed by atoms with van der Waals surface area (Å²) in [6.07, 6.45) is 11.3. The first kappa shape index (κ1) is 16.4. The Morgan fingerprint density at radius 1 is 1.06 bits per heavy atom. The van der Waals surface area contributed by atoms with E-state index in [4.69, 9.17) is 5.73 Å². The number of carbonyl (C=O) groups excluding carboxylic acids is 1. The van der Waals surface area contributed by atoms with Gasteiger partial charge in [-0.25, -0.2) is 0 Å². The summed E-state index contributed by atoms with van der Waals surface area (Å²) in [5.74, 6) is -0.0847. The minimum absolute atomic E-state index is 0.0847. The van der Waals surface area contributed by atoms with Crippen molar-refractivity contribution in [2.45, 2.75) is 77.2 Å². The summed E-state index contributed by atoms with van der Waals surface area (Å²) >= 11 is 0. The van der Waals surface area contributed by atoms with Crippen molar-refractivity contribution in [1.29, 1.82) is 0 Å². The minimum atomic E-state index is -0.0847. The Labute approximate surface area is 106 Å². The quantitative estimate of drug-likeness (QED) is 0.447. The summed E-state index contributed by atoms with van der Waals surface area (Å²) < 4.78 is 4.59. The largest absolute Gasteiger partial charge is 0.469 e. The van der Waals surface area contributed by atoms with Gasteiger partial charge >= 0.3 is 5.97 Å². The van der Waals surface area contributed by atoms with Gasteiger partial charge in [0.1, 0.15) is 0 Å². The molecule has 3 heteroatoms. The first-order valence-electron chi connectivity index (χ1n) is 7.03. The van der Waals surface area contributed by atoms with Crippen molar-refractivity contribution < 1.29 is 9.53 Å². The summed E-state index contributed by atoms with van der Waals surface area (Å²) in [7, 11) is 1.45. The standard InChI is InChI=1S/C14H29NO2/c1-3-13(15)11-9-7-5-4-6-8-10-12-14(16)17-2/h13H,3-12,15H2,1-2H3. The van der Waals surface area contributed by atoms with Gasteiger partial charge in [-0.3, -0.25) is 4.79 Å². The fraction of sp³-hybridized carbons (Fsp3) is 0.929. The summed E-state index contributed by atoms with van der Waals surface area (Å²) in [5.41, 5.74) is 5.85. The molecule has 0 fully saturated rings. The second kappa shape index (κ2) is 11.9. The number of methoxy groups -OCH3 is 1. The lowest BCUT2D eigenvalue weighted by atomic mass is 10.0.